The first kappa shape index (κ1) is 29.2. The maximum atomic E-state index is 15.2. The van der Waals surface area contributed by atoms with Crippen molar-refractivity contribution in [2.45, 2.75) is 65.6 Å². The Morgan fingerprint density at radius 1 is 1.10 bits per heavy atom. The van der Waals surface area contributed by atoms with E-state index >= 15 is 4.39 Å². The molecule has 2 amide bonds. The van der Waals surface area contributed by atoms with E-state index < -0.39 is 5.82 Å². The van der Waals surface area contributed by atoms with Crippen molar-refractivity contribution in [1.29, 1.82) is 0 Å². The van der Waals surface area contributed by atoms with E-state index in [0.717, 1.165) is 0 Å². The first-order valence-electron chi connectivity index (χ1n) is 14.1. The second-order valence-corrected chi connectivity index (χ2v) is 12.1. The summed E-state index contributed by atoms with van der Waals surface area (Å²) in [5.74, 6) is -0.173. The molecule has 5 rings (SSSR count). The van der Waals surface area contributed by atoms with Gasteiger partial charge in [-0.05, 0) is 83.0 Å². The minimum atomic E-state index is -0.549. The Bertz CT molecular complexity index is 1630. The number of anilines is 1. The van der Waals surface area contributed by atoms with Gasteiger partial charge in [-0.15, -0.1) is 0 Å². The van der Waals surface area contributed by atoms with Crippen LogP contribution in [0.5, 0.6) is 11.5 Å². The summed E-state index contributed by atoms with van der Waals surface area (Å²) in [5, 5.41) is 11.2. The average Bonchev–Trinajstić information content (AvgIpc) is 3.39. The number of fused-ring (bicyclic) bond motifs is 1. The highest BCUT2D eigenvalue weighted by Gasteiger charge is 2.26. The molecule has 1 saturated heterocycles. The highest BCUT2D eigenvalue weighted by Crippen LogP contribution is 2.33. The second kappa shape index (κ2) is 11.5. The van der Waals surface area contributed by atoms with Gasteiger partial charge in [0.25, 0.3) is 5.91 Å². The van der Waals surface area contributed by atoms with E-state index in [4.69, 9.17) is 4.74 Å². The van der Waals surface area contributed by atoms with Crippen LogP contribution in [0.25, 0.3) is 10.9 Å². The molecule has 2 atom stereocenters. The number of nitrogens with zero attached hydrogens (tertiary/aromatic N) is 4. The molecule has 2 aromatic carbocycles. The van der Waals surface area contributed by atoms with Crippen LogP contribution in [0.1, 0.15) is 56.1 Å². The molecule has 0 saturated carbocycles. The standard InChI is InChI=1S/C32H37FN6O3/c1-19-11-23(13-30(40)37-24-15-35-39(18-24)32(4,5)6)26(33)14-29(19)42-28-9-10-34-27-8-7-22(12-25(27)28)31(41)38-16-20(2)36-21(3)17-38/h7-12,14-15,18,20-21,36H,13,16-17H2,1-6H3,(H,37,40)/t20-,21+. The molecule has 2 aromatic heterocycles. The third-order valence-electron chi connectivity index (χ3n) is 7.26. The third-order valence-corrected chi connectivity index (χ3v) is 7.26. The summed E-state index contributed by atoms with van der Waals surface area (Å²) in [6, 6.07) is 10.4. The number of aryl methyl sites for hydroxylation is 1. The maximum Gasteiger partial charge on any atom is 0.253 e. The first-order valence-corrected chi connectivity index (χ1v) is 14.1. The molecule has 1 aliphatic heterocycles. The van der Waals surface area contributed by atoms with Gasteiger partial charge in [-0.1, -0.05) is 0 Å². The number of halogens is 1. The molecular formula is C32H37FN6O3. The normalized spacial score (nSPS) is 17.4. The van der Waals surface area contributed by atoms with Crippen LogP contribution in [0.15, 0.2) is 55.0 Å². The molecule has 3 heterocycles. The lowest BCUT2D eigenvalue weighted by Crippen LogP contribution is -2.55. The van der Waals surface area contributed by atoms with Crippen molar-refractivity contribution in [3.8, 4) is 11.5 Å². The first-order chi connectivity index (χ1) is 19.9. The molecule has 4 aromatic rings. The number of benzene rings is 2. The molecule has 1 fully saturated rings. The Labute approximate surface area is 245 Å². The summed E-state index contributed by atoms with van der Waals surface area (Å²) < 4.78 is 23.1. The van der Waals surface area contributed by atoms with Crippen LogP contribution in [-0.2, 0) is 16.8 Å². The van der Waals surface area contributed by atoms with Gasteiger partial charge in [0.1, 0.15) is 17.3 Å². The van der Waals surface area contributed by atoms with Gasteiger partial charge in [-0.3, -0.25) is 19.3 Å². The van der Waals surface area contributed by atoms with Crippen molar-refractivity contribution in [2.75, 3.05) is 18.4 Å². The van der Waals surface area contributed by atoms with E-state index in [1.165, 1.54) is 6.07 Å². The monoisotopic (exact) mass is 572 g/mol. The lowest BCUT2D eigenvalue weighted by Gasteiger charge is -2.36. The molecule has 0 unspecified atom stereocenters. The molecule has 2 N–H and O–H groups in total. The molecular weight excluding hydrogens is 535 g/mol. The van der Waals surface area contributed by atoms with Crippen molar-refractivity contribution >= 4 is 28.4 Å². The molecule has 220 valence electrons. The number of nitrogens with one attached hydrogen (secondary N) is 2. The van der Waals surface area contributed by atoms with Gasteiger partial charge in [0, 0.05) is 54.6 Å². The predicted molar refractivity (Wildman–Crippen MR) is 160 cm³/mol. The zero-order valence-electron chi connectivity index (χ0n) is 24.9. The highest BCUT2D eigenvalue weighted by molar-refractivity contribution is 5.99. The van der Waals surface area contributed by atoms with Crippen LogP contribution in [0, 0.1) is 12.7 Å². The maximum absolute atomic E-state index is 15.2. The van der Waals surface area contributed by atoms with E-state index in [2.05, 4.69) is 34.6 Å². The minimum Gasteiger partial charge on any atom is -0.456 e. The molecule has 9 nitrogen and oxygen atoms in total. The summed E-state index contributed by atoms with van der Waals surface area (Å²) in [5.41, 5.74) is 2.46. The fraction of sp³-hybridized carbons (Fsp3) is 0.375. The Morgan fingerprint density at radius 2 is 1.83 bits per heavy atom. The SMILES string of the molecule is Cc1cc(CC(=O)Nc2cnn(C(C)(C)C)c2)c(F)cc1Oc1ccnc2ccc(C(=O)N3C[C@@H](C)N[C@@H](C)C3)cc12. The highest BCUT2D eigenvalue weighted by atomic mass is 19.1. The fourth-order valence-electron chi connectivity index (χ4n) is 5.24. The lowest BCUT2D eigenvalue weighted by atomic mass is 10.1. The molecule has 42 heavy (non-hydrogen) atoms. The van der Waals surface area contributed by atoms with Gasteiger partial charge in [0.15, 0.2) is 0 Å². The number of carbonyl (C=O) groups is 2. The molecule has 0 aliphatic carbocycles. The van der Waals surface area contributed by atoms with Crippen molar-refractivity contribution in [3.05, 3.63) is 77.5 Å². The van der Waals surface area contributed by atoms with E-state index in [1.54, 1.807) is 60.5 Å². The van der Waals surface area contributed by atoms with E-state index in [9.17, 15) is 9.59 Å². The summed E-state index contributed by atoms with van der Waals surface area (Å²) in [7, 11) is 0. The number of pyridine rings is 1. The topological polar surface area (TPSA) is 101 Å². The van der Waals surface area contributed by atoms with Crippen LogP contribution in [0.3, 0.4) is 0 Å². The summed E-state index contributed by atoms with van der Waals surface area (Å²) in [6.07, 6.45) is 4.80. The van der Waals surface area contributed by atoms with Crippen molar-refractivity contribution in [2.24, 2.45) is 0 Å². The van der Waals surface area contributed by atoms with Gasteiger partial charge in [0.05, 0.1) is 29.4 Å². The molecule has 0 radical (unpaired) electrons. The average molecular weight is 573 g/mol. The van der Waals surface area contributed by atoms with E-state index in [1.807, 2.05) is 25.7 Å². The number of hydrogen-bond donors (Lipinski definition) is 2. The predicted octanol–water partition coefficient (Wildman–Crippen LogP) is 5.43. The van der Waals surface area contributed by atoms with Crippen molar-refractivity contribution in [1.82, 2.24) is 25.0 Å². The smallest absolute Gasteiger partial charge is 0.253 e. The number of ether oxygens (including phenoxy) is 1. The van der Waals surface area contributed by atoms with Gasteiger partial charge in [-0.25, -0.2) is 4.39 Å². The van der Waals surface area contributed by atoms with Crippen LogP contribution in [0.2, 0.25) is 0 Å². The number of piperazine rings is 1. The Kier molecular flexibility index (Phi) is 8.01. The van der Waals surface area contributed by atoms with E-state index in [-0.39, 0.29) is 41.4 Å². The van der Waals surface area contributed by atoms with Crippen LogP contribution in [-0.4, -0.2) is 56.7 Å². The largest absolute Gasteiger partial charge is 0.456 e. The zero-order chi connectivity index (χ0) is 30.2. The van der Waals surface area contributed by atoms with Crippen LogP contribution < -0.4 is 15.4 Å². The fourth-order valence-corrected chi connectivity index (χ4v) is 5.24. The van der Waals surface area contributed by atoms with Crippen LogP contribution in [0.4, 0.5) is 10.1 Å². The minimum absolute atomic E-state index is 0.0532. The Balaban J connectivity index is 1.33. The van der Waals surface area contributed by atoms with Gasteiger partial charge < -0.3 is 20.3 Å². The number of rotatable bonds is 6. The van der Waals surface area contributed by atoms with Crippen LogP contribution >= 0.6 is 0 Å². The molecule has 10 heteroatoms. The Morgan fingerprint density at radius 3 is 2.52 bits per heavy atom. The quantitative estimate of drug-likeness (QED) is 0.320. The Hall–Kier alpha value is -4.31. The number of aromatic nitrogens is 3. The van der Waals surface area contributed by atoms with Crippen molar-refractivity contribution in [3.63, 3.8) is 0 Å². The van der Waals surface area contributed by atoms with Gasteiger partial charge >= 0.3 is 0 Å². The van der Waals surface area contributed by atoms with E-state index in [0.29, 0.717) is 52.3 Å². The number of hydrogen-bond acceptors (Lipinski definition) is 6. The molecule has 0 bridgehead atoms. The summed E-state index contributed by atoms with van der Waals surface area (Å²) in [4.78, 5) is 32.3. The third kappa shape index (κ3) is 6.44. The molecule has 1 aliphatic rings. The summed E-state index contributed by atoms with van der Waals surface area (Å²) in [6.45, 7) is 13.2. The van der Waals surface area contributed by atoms with Crippen molar-refractivity contribution < 1.29 is 18.7 Å². The summed E-state index contributed by atoms with van der Waals surface area (Å²) >= 11 is 0. The van der Waals surface area contributed by atoms with Gasteiger partial charge in [-0.2, -0.15) is 5.10 Å². The second-order valence-electron chi connectivity index (χ2n) is 12.1. The number of amides is 2. The number of carbonyl (C=O) groups excluding carboxylic acids is 2. The molecule has 0 spiro atoms. The lowest BCUT2D eigenvalue weighted by molar-refractivity contribution is -0.115. The van der Waals surface area contributed by atoms with Gasteiger partial charge in [0.2, 0.25) is 5.91 Å². The zero-order valence-corrected chi connectivity index (χ0v) is 24.9.